The van der Waals surface area contributed by atoms with Crippen LogP contribution in [0.3, 0.4) is 0 Å². The SMILES string of the molecule is CCOC(=O)[C@@H]1C[C@@H]2CC[C@H]1N2.Cl. The molecular weight excluding hydrogens is 190 g/mol. The summed E-state index contributed by atoms with van der Waals surface area (Å²) in [7, 11) is 0. The van der Waals surface area contributed by atoms with Crippen molar-refractivity contribution in [2.24, 2.45) is 5.92 Å². The Morgan fingerprint density at radius 2 is 2.31 bits per heavy atom. The number of carbonyl (C=O) groups is 1. The number of halogens is 1. The zero-order chi connectivity index (χ0) is 8.55. The van der Waals surface area contributed by atoms with E-state index in [1.807, 2.05) is 6.92 Å². The van der Waals surface area contributed by atoms with E-state index in [0.29, 0.717) is 18.7 Å². The van der Waals surface area contributed by atoms with Crippen molar-refractivity contribution in [3.8, 4) is 0 Å². The van der Waals surface area contributed by atoms with Crippen LogP contribution in [0.25, 0.3) is 0 Å². The topological polar surface area (TPSA) is 38.3 Å². The predicted molar refractivity (Wildman–Crippen MR) is 51.9 cm³/mol. The van der Waals surface area contributed by atoms with Crippen LogP contribution in [-0.2, 0) is 9.53 Å². The van der Waals surface area contributed by atoms with Crippen molar-refractivity contribution in [2.45, 2.75) is 38.3 Å². The second kappa shape index (κ2) is 4.29. The maximum absolute atomic E-state index is 11.4. The first kappa shape index (κ1) is 10.8. The molecule has 2 aliphatic rings. The maximum atomic E-state index is 11.4. The second-order valence-electron chi connectivity index (χ2n) is 3.64. The van der Waals surface area contributed by atoms with Gasteiger partial charge in [-0.3, -0.25) is 4.79 Å². The monoisotopic (exact) mass is 205 g/mol. The first-order valence-corrected chi connectivity index (χ1v) is 4.74. The van der Waals surface area contributed by atoms with Crippen LogP contribution in [0.1, 0.15) is 26.2 Å². The zero-order valence-electron chi connectivity index (χ0n) is 7.79. The third-order valence-corrected chi connectivity index (χ3v) is 2.89. The van der Waals surface area contributed by atoms with Gasteiger partial charge in [-0.1, -0.05) is 0 Å². The van der Waals surface area contributed by atoms with E-state index in [4.69, 9.17) is 4.74 Å². The minimum atomic E-state index is -0.00259. The molecule has 2 saturated heterocycles. The van der Waals surface area contributed by atoms with Crippen LogP contribution in [0.5, 0.6) is 0 Å². The Balaban J connectivity index is 0.000000845. The molecule has 0 saturated carbocycles. The van der Waals surface area contributed by atoms with Crippen LogP contribution in [-0.4, -0.2) is 24.7 Å². The number of rotatable bonds is 2. The molecule has 0 amide bonds. The summed E-state index contributed by atoms with van der Waals surface area (Å²) in [6.07, 6.45) is 3.37. The number of hydrogen-bond donors (Lipinski definition) is 1. The van der Waals surface area contributed by atoms with Gasteiger partial charge in [0.1, 0.15) is 0 Å². The third kappa shape index (κ3) is 1.97. The van der Waals surface area contributed by atoms with Crippen molar-refractivity contribution in [2.75, 3.05) is 6.61 Å². The van der Waals surface area contributed by atoms with Crippen molar-refractivity contribution in [1.82, 2.24) is 5.32 Å². The Morgan fingerprint density at radius 3 is 2.77 bits per heavy atom. The Bertz CT molecular complexity index is 198. The first-order valence-electron chi connectivity index (χ1n) is 4.74. The number of fused-ring (bicyclic) bond motifs is 2. The largest absolute Gasteiger partial charge is 0.466 e. The van der Waals surface area contributed by atoms with E-state index in [9.17, 15) is 4.79 Å². The van der Waals surface area contributed by atoms with Gasteiger partial charge in [-0.2, -0.15) is 0 Å². The summed E-state index contributed by atoms with van der Waals surface area (Å²) in [4.78, 5) is 11.4. The normalized spacial score (nSPS) is 35.6. The number of ether oxygens (including phenoxy) is 1. The maximum Gasteiger partial charge on any atom is 0.310 e. The molecule has 2 bridgehead atoms. The van der Waals surface area contributed by atoms with Crippen LogP contribution < -0.4 is 5.32 Å². The van der Waals surface area contributed by atoms with Crippen molar-refractivity contribution >= 4 is 18.4 Å². The van der Waals surface area contributed by atoms with Gasteiger partial charge < -0.3 is 10.1 Å². The molecular formula is C9H16ClNO2. The van der Waals surface area contributed by atoms with E-state index < -0.39 is 0 Å². The average molecular weight is 206 g/mol. The molecule has 1 N–H and O–H groups in total. The average Bonchev–Trinajstić information content (AvgIpc) is 2.64. The summed E-state index contributed by atoms with van der Waals surface area (Å²) in [6, 6.07) is 0.999. The third-order valence-electron chi connectivity index (χ3n) is 2.89. The van der Waals surface area contributed by atoms with Crippen LogP contribution in [0.15, 0.2) is 0 Å². The minimum Gasteiger partial charge on any atom is -0.466 e. The predicted octanol–water partition coefficient (Wildman–Crippen LogP) is 1.11. The highest BCUT2D eigenvalue weighted by atomic mass is 35.5. The van der Waals surface area contributed by atoms with Crippen molar-refractivity contribution < 1.29 is 9.53 Å². The Morgan fingerprint density at radius 1 is 1.54 bits per heavy atom. The Labute approximate surface area is 84.6 Å². The summed E-state index contributed by atoms with van der Waals surface area (Å²) in [6.45, 7) is 2.37. The lowest BCUT2D eigenvalue weighted by Crippen LogP contribution is -2.30. The van der Waals surface area contributed by atoms with Gasteiger partial charge in [0.05, 0.1) is 12.5 Å². The summed E-state index contributed by atoms with van der Waals surface area (Å²) in [5.41, 5.74) is 0. The molecule has 0 radical (unpaired) electrons. The van der Waals surface area contributed by atoms with Crippen LogP contribution in [0, 0.1) is 5.92 Å². The van der Waals surface area contributed by atoms with Gasteiger partial charge in [0, 0.05) is 12.1 Å². The molecule has 0 aromatic rings. The molecule has 4 heteroatoms. The highest BCUT2D eigenvalue weighted by molar-refractivity contribution is 5.85. The molecule has 0 aromatic heterocycles. The zero-order valence-corrected chi connectivity index (χ0v) is 8.60. The van der Waals surface area contributed by atoms with Crippen molar-refractivity contribution in [3.63, 3.8) is 0 Å². The lowest BCUT2D eigenvalue weighted by molar-refractivity contribution is -0.148. The number of esters is 1. The minimum absolute atomic E-state index is 0. The molecule has 3 nitrogen and oxygen atoms in total. The van der Waals surface area contributed by atoms with Gasteiger partial charge in [-0.25, -0.2) is 0 Å². The smallest absolute Gasteiger partial charge is 0.310 e. The fraction of sp³-hybridized carbons (Fsp3) is 0.889. The summed E-state index contributed by atoms with van der Waals surface area (Å²) in [5.74, 6) is 0.140. The second-order valence-corrected chi connectivity index (χ2v) is 3.64. The number of hydrogen-bond acceptors (Lipinski definition) is 3. The molecule has 2 heterocycles. The Hall–Kier alpha value is -0.280. The molecule has 0 aliphatic carbocycles. The lowest BCUT2D eigenvalue weighted by Gasteiger charge is -2.17. The highest BCUT2D eigenvalue weighted by Crippen LogP contribution is 2.33. The number of carbonyl (C=O) groups excluding carboxylic acids is 1. The van der Waals surface area contributed by atoms with Crippen molar-refractivity contribution in [3.05, 3.63) is 0 Å². The molecule has 3 atom stereocenters. The molecule has 2 aliphatic heterocycles. The molecule has 2 rings (SSSR count). The molecule has 2 fully saturated rings. The fourth-order valence-electron chi connectivity index (χ4n) is 2.33. The molecule has 0 spiro atoms. The lowest BCUT2D eigenvalue weighted by atomic mass is 9.89. The standard InChI is InChI=1S/C9H15NO2.ClH/c1-2-12-9(11)7-5-6-3-4-8(7)10-6;/h6-8,10H,2-5H2,1H3;1H/t6-,7+,8+;/m0./s1. The van der Waals surface area contributed by atoms with E-state index in [1.54, 1.807) is 0 Å². The molecule has 0 unspecified atom stereocenters. The van der Waals surface area contributed by atoms with Gasteiger partial charge in [0.15, 0.2) is 0 Å². The van der Waals surface area contributed by atoms with Crippen LogP contribution in [0.4, 0.5) is 0 Å². The van der Waals surface area contributed by atoms with Crippen molar-refractivity contribution in [1.29, 1.82) is 0 Å². The van der Waals surface area contributed by atoms with Crippen LogP contribution in [0.2, 0.25) is 0 Å². The fourth-order valence-corrected chi connectivity index (χ4v) is 2.33. The molecule has 0 aromatic carbocycles. The van der Waals surface area contributed by atoms with Gasteiger partial charge >= 0.3 is 5.97 Å². The van der Waals surface area contributed by atoms with Gasteiger partial charge in [-0.15, -0.1) is 12.4 Å². The number of nitrogens with one attached hydrogen (secondary N) is 1. The summed E-state index contributed by atoms with van der Waals surface area (Å²) in [5, 5.41) is 3.42. The molecule has 13 heavy (non-hydrogen) atoms. The van der Waals surface area contributed by atoms with E-state index in [0.717, 1.165) is 12.8 Å². The van der Waals surface area contributed by atoms with E-state index in [1.165, 1.54) is 6.42 Å². The molecule has 76 valence electrons. The van der Waals surface area contributed by atoms with E-state index in [2.05, 4.69) is 5.32 Å². The summed E-state index contributed by atoms with van der Waals surface area (Å²) >= 11 is 0. The first-order chi connectivity index (χ1) is 5.81. The quantitative estimate of drug-likeness (QED) is 0.687. The van der Waals surface area contributed by atoms with Gasteiger partial charge in [0.25, 0.3) is 0 Å². The van der Waals surface area contributed by atoms with Gasteiger partial charge in [-0.05, 0) is 26.2 Å². The Kier molecular flexibility index (Phi) is 3.56. The van der Waals surface area contributed by atoms with E-state index in [-0.39, 0.29) is 24.3 Å². The van der Waals surface area contributed by atoms with E-state index >= 15 is 0 Å². The van der Waals surface area contributed by atoms with Gasteiger partial charge in [0.2, 0.25) is 0 Å². The summed E-state index contributed by atoms with van der Waals surface area (Å²) < 4.78 is 5.00. The van der Waals surface area contributed by atoms with Crippen LogP contribution >= 0.6 is 12.4 Å². The highest BCUT2D eigenvalue weighted by Gasteiger charge is 2.43.